The molecule has 25 heavy (non-hydrogen) atoms. The zero-order valence-corrected chi connectivity index (χ0v) is 14.8. The SMILES string of the molecule is CC(SCCc1ccccn1)c1nc(N)nc(Nc2ccccc2)n1. The van der Waals surface area contributed by atoms with Crippen LogP contribution in [0.4, 0.5) is 17.6 Å². The molecule has 0 aliphatic rings. The highest BCUT2D eigenvalue weighted by atomic mass is 32.2. The number of nitrogen functional groups attached to an aromatic ring is 1. The van der Waals surface area contributed by atoms with E-state index in [-0.39, 0.29) is 11.2 Å². The van der Waals surface area contributed by atoms with Crippen molar-refractivity contribution in [1.29, 1.82) is 0 Å². The summed E-state index contributed by atoms with van der Waals surface area (Å²) in [4.78, 5) is 17.3. The molecule has 0 saturated heterocycles. The van der Waals surface area contributed by atoms with Gasteiger partial charge >= 0.3 is 0 Å². The van der Waals surface area contributed by atoms with Gasteiger partial charge in [0, 0.05) is 17.6 Å². The summed E-state index contributed by atoms with van der Waals surface area (Å²) in [7, 11) is 0. The molecule has 0 aliphatic heterocycles. The van der Waals surface area contributed by atoms with Gasteiger partial charge in [-0.3, -0.25) is 4.98 Å². The van der Waals surface area contributed by atoms with Crippen LogP contribution in [0.15, 0.2) is 54.7 Å². The molecule has 3 N–H and O–H groups in total. The Labute approximate surface area is 151 Å². The van der Waals surface area contributed by atoms with Gasteiger partial charge in [-0.1, -0.05) is 24.3 Å². The predicted molar refractivity (Wildman–Crippen MR) is 103 cm³/mol. The lowest BCUT2D eigenvalue weighted by Crippen LogP contribution is -2.08. The third kappa shape index (κ3) is 5.15. The Morgan fingerprint density at radius 2 is 1.84 bits per heavy atom. The molecular formula is C18H20N6S. The molecule has 1 atom stereocenters. The highest BCUT2D eigenvalue weighted by Crippen LogP contribution is 2.27. The van der Waals surface area contributed by atoms with E-state index < -0.39 is 0 Å². The van der Waals surface area contributed by atoms with Crippen molar-refractivity contribution in [2.75, 3.05) is 16.8 Å². The van der Waals surface area contributed by atoms with Crippen LogP contribution in [-0.4, -0.2) is 25.7 Å². The second kappa shape index (κ2) is 8.43. The summed E-state index contributed by atoms with van der Waals surface area (Å²) in [5.41, 5.74) is 7.85. The normalized spacial score (nSPS) is 11.9. The van der Waals surface area contributed by atoms with Crippen LogP contribution in [0.25, 0.3) is 0 Å². The van der Waals surface area contributed by atoms with Crippen molar-refractivity contribution in [1.82, 2.24) is 19.9 Å². The van der Waals surface area contributed by atoms with Gasteiger partial charge in [0.05, 0.1) is 5.25 Å². The first-order valence-electron chi connectivity index (χ1n) is 8.06. The molecule has 128 valence electrons. The van der Waals surface area contributed by atoms with Gasteiger partial charge in [-0.15, -0.1) is 0 Å². The van der Waals surface area contributed by atoms with E-state index in [1.807, 2.05) is 54.7 Å². The van der Waals surface area contributed by atoms with Crippen LogP contribution in [0.3, 0.4) is 0 Å². The smallest absolute Gasteiger partial charge is 0.232 e. The van der Waals surface area contributed by atoms with Crippen molar-refractivity contribution in [3.63, 3.8) is 0 Å². The van der Waals surface area contributed by atoms with Crippen molar-refractivity contribution in [2.45, 2.75) is 18.6 Å². The van der Waals surface area contributed by atoms with Crippen LogP contribution in [0.5, 0.6) is 0 Å². The Bertz CT molecular complexity index is 797. The Balaban J connectivity index is 1.62. The van der Waals surface area contributed by atoms with Gasteiger partial charge in [0.15, 0.2) is 0 Å². The number of nitrogens with two attached hydrogens (primary N) is 1. The van der Waals surface area contributed by atoms with E-state index in [1.165, 1.54) is 0 Å². The van der Waals surface area contributed by atoms with Crippen LogP contribution < -0.4 is 11.1 Å². The monoisotopic (exact) mass is 352 g/mol. The molecule has 2 heterocycles. The lowest BCUT2D eigenvalue weighted by atomic mass is 10.3. The van der Waals surface area contributed by atoms with Gasteiger partial charge in [0.1, 0.15) is 5.82 Å². The fourth-order valence-corrected chi connectivity index (χ4v) is 3.19. The molecule has 1 unspecified atom stereocenters. The number of nitrogens with zero attached hydrogens (tertiary/aromatic N) is 4. The summed E-state index contributed by atoms with van der Waals surface area (Å²) in [6, 6.07) is 15.7. The zero-order chi connectivity index (χ0) is 17.5. The summed E-state index contributed by atoms with van der Waals surface area (Å²) in [5, 5.41) is 3.28. The maximum atomic E-state index is 5.85. The second-order valence-electron chi connectivity index (χ2n) is 5.45. The lowest BCUT2D eigenvalue weighted by molar-refractivity contribution is 0.893. The van der Waals surface area contributed by atoms with E-state index in [0.717, 1.165) is 23.6 Å². The van der Waals surface area contributed by atoms with Crippen LogP contribution in [0, 0.1) is 0 Å². The van der Waals surface area contributed by atoms with Gasteiger partial charge in [0.25, 0.3) is 0 Å². The van der Waals surface area contributed by atoms with E-state index in [2.05, 4.69) is 32.2 Å². The molecule has 2 aromatic heterocycles. The molecule has 1 aromatic carbocycles. The van der Waals surface area contributed by atoms with Crippen LogP contribution in [0.1, 0.15) is 23.7 Å². The molecule has 0 amide bonds. The van der Waals surface area contributed by atoms with Gasteiger partial charge in [-0.2, -0.15) is 26.7 Å². The first kappa shape index (κ1) is 17.2. The fourth-order valence-electron chi connectivity index (χ4n) is 2.26. The third-order valence-corrected chi connectivity index (χ3v) is 4.67. The molecule has 0 aliphatic carbocycles. The molecule has 3 rings (SSSR count). The van der Waals surface area contributed by atoms with Gasteiger partial charge in [-0.25, -0.2) is 0 Å². The lowest BCUT2D eigenvalue weighted by Gasteiger charge is -2.12. The second-order valence-corrected chi connectivity index (χ2v) is 6.90. The molecule has 0 fully saturated rings. The quantitative estimate of drug-likeness (QED) is 0.671. The number of para-hydroxylation sites is 1. The number of aromatic nitrogens is 4. The Morgan fingerprint density at radius 3 is 2.60 bits per heavy atom. The molecular weight excluding hydrogens is 332 g/mol. The molecule has 0 saturated carbocycles. The van der Waals surface area contributed by atoms with Gasteiger partial charge in [0.2, 0.25) is 11.9 Å². The number of anilines is 3. The van der Waals surface area contributed by atoms with Crippen molar-refractivity contribution in [3.05, 3.63) is 66.2 Å². The number of hydrogen-bond donors (Lipinski definition) is 2. The summed E-state index contributed by atoms with van der Waals surface area (Å²) in [6.45, 7) is 2.07. The minimum atomic E-state index is 0.116. The summed E-state index contributed by atoms with van der Waals surface area (Å²) >= 11 is 1.77. The maximum Gasteiger partial charge on any atom is 0.232 e. The first-order valence-corrected chi connectivity index (χ1v) is 9.10. The molecule has 3 aromatic rings. The largest absolute Gasteiger partial charge is 0.368 e. The topological polar surface area (TPSA) is 89.6 Å². The molecule has 0 spiro atoms. The zero-order valence-electron chi connectivity index (χ0n) is 14.0. The maximum absolute atomic E-state index is 5.85. The molecule has 0 bridgehead atoms. The van der Waals surface area contributed by atoms with Crippen LogP contribution in [0.2, 0.25) is 0 Å². The van der Waals surface area contributed by atoms with Gasteiger partial charge in [-0.05, 0) is 43.4 Å². The fraction of sp³-hybridized carbons (Fsp3) is 0.222. The number of pyridine rings is 1. The highest BCUT2D eigenvalue weighted by Gasteiger charge is 2.13. The van der Waals surface area contributed by atoms with E-state index in [4.69, 9.17) is 5.73 Å². The molecule has 7 heteroatoms. The summed E-state index contributed by atoms with van der Waals surface area (Å²) in [5.74, 6) is 2.30. The Morgan fingerprint density at radius 1 is 1.04 bits per heavy atom. The minimum Gasteiger partial charge on any atom is -0.368 e. The van der Waals surface area contributed by atoms with Gasteiger partial charge < -0.3 is 11.1 Å². The van der Waals surface area contributed by atoms with E-state index in [9.17, 15) is 0 Å². The summed E-state index contributed by atoms with van der Waals surface area (Å²) < 4.78 is 0. The van der Waals surface area contributed by atoms with Crippen molar-refractivity contribution < 1.29 is 0 Å². The van der Waals surface area contributed by atoms with Crippen LogP contribution in [-0.2, 0) is 6.42 Å². The Hall–Kier alpha value is -2.67. The minimum absolute atomic E-state index is 0.116. The van der Waals surface area contributed by atoms with E-state index in [1.54, 1.807) is 11.8 Å². The molecule has 6 nitrogen and oxygen atoms in total. The number of thioether (sulfide) groups is 1. The standard InChI is InChI=1S/C18H20N6S/c1-13(25-12-10-14-7-5-6-11-20-14)16-22-17(19)24-18(23-16)21-15-8-3-2-4-9-15/h2-9,11,13H,10,12H2,1H3,(H3,19,21,22,23,24). The first-order chi connectivity index (χ1) is 12.2. The van der Waals surface area contributed by atoms with Crippen LogP contribution >= 0.6 is 11.8 Å². The van der Waals surface area contributed by atoms with Crippen molar-refractivity contribution >= 4 is 29.3 Å². The number of aryl methyl sites for hydroxylation is 1. The Kier molecular flexibility index (Phi) is 5.79. The molecule has 0 radical (unpaired) electrons. The number of rotatable bonds is 7. The van der Waals surface area contributed by atoms with Crippen molar-refractivity contribution in [3.8, 4) is 0 Å². The number of hydrogen-bond acceptors (Lipinski definition) is 7. The third-order valence-electron chi connectivity index (χ3n) is 3.52. The number of benzene rings is 1. The average Bonchev–Trinajstić information content (AvgIpc) is 2.63. The predicted octanol–water partition coefficient (Wildman–Crippen LogP) is 3.63. The van der Waals surface area contributed by atoms with E-state index in [0.29, 0.717) is 11.8 Å². The highest BCUT2D eigenvalue weighted by molar-refractivity contribution is 7.99. The summed E-state index contributed by atoms with van der Waals surface area (Å²) in [6.07, 6.45) is 2.73. The van der Waals surface area contributed by atoms with Crippen molar-refractivity contribution in [2.24, 2.45) is 0 Å². The number of nitrogens with one attached hydrogen (secondary N) is 1. The van der Waals surface area contributed by atoms with E-state index >= 15 is 0 Å². The average molecular weight is 352 g/mol.